The highest BCUT2D eigenvalue weighted by Gasteiger charge is 2.06. The highest BCUT2D eigenvalue weighted by molar-refractivity contribution is 9.10. The van der Waals surface area contributed by atoms with Crippen molar-refractivity contribution in [3.05, 3.63) is 57.2 Å². The third kappa shape index (κ3) is 4.04. The number of rotatable bonds is 2. The normalized spacial score (nSPS) is 10.1. The minimum atomic E-state index is -0.398. The first kappa shape index (κ1) is 14.0. The van der Waals surface area contributed by atoms with Crippen LogP contribution in [-0.2, 0) is 0 Å². The van der Waals surface area contributed by atoms with Crippen molar-refractivity contribution in [2.75, 3.05) is 10.6 Å². The highest BCUT2D eigenvalue weighted by Crippen LogP contribution is 2.23. The Labute approximate surface area is 126 Å². The molecule has 98 valence electrons. The number of hydrogen-bond acceptors (Lipinski definition) is 1. The molecule has 19 heavy (non-hydrogen) atoms. The zero-order chi connectivity index (χ0) is 13.8. The number of hydrogen-bond donors (Lipinski definition) is 2. The minimum absolute atomic E-state index is 0.371. The first-order valence-electron chi connectivity index (χ1n) is 5.33. The standard InChI is InChI=1S/C13H9Br2FN2O/c14-8-2-1-3-10(6-8)17-13(19)18-12-5-4-9(16)7-11(12)15/h1-7H,(H2,17,18,19). The molecule has 2 N–H and O–H groups in total. The van der Waals surface area contributed by atoms with Crippen molar-refractivity contribution in [3.8, 4) is 0 Å². The Hall–Kier alpha value is -1.40. The van der Waals surface area contributed by atoms with Crippen LogP contribution < -0.4 is 10.6 Å². The van der Waals surface area contributed by atoms with Crippen molar-refractivity contribution in [1.29, 1.82) is 0 Å². The summed E-state index contributed by atoms with van der Waals surface area (Å²) in [6.45, 7) is 0. The Balaban J connectivity index is 2.05. The number of benzene rings is 2. The molecule has 0 fully saturated rings. The summed E-state index contributed by atoms with van der Waals surface area (Å²) in [5, 5.41) is 5.30. The number of anilines is 2. The van der Waals surface area contributed by atoms with Gasteiger partial charge in [-0.05, 0) is 52.3 Å². The van der Waals surface area contributed by atoms with E-state index in [0.29, 0.717) is 15.8 Å². The number of carbonyl (C=O) groups is 1. The van der Waals surface area contributed by atoms with Crippen LogP contribution >= 0.6 is 31.9 Å². The van der Waals surface area contributed by atoms with Gasteiger partial charge < -0.3 is 10.6 Å². The zero-order valence-electron chi connectivity index (χ0n) is 9.58. The fourth-order valence-electron chi connectivity index (χ4n) is 1.44. The molecule has 0 aliphatic rings. The van der Waals surface area contributed by atoms with Crippen molar-refractivity contribution in [3.63, 3.8) is 0 Å². The van der Waals surface area contributed by atoms with Crippen molar-refractivity contribution in [2.24, 2.45) is 0 Å². The zero-order valence-corrected chi connectivity index (χ0v) is 12.8. The van der Waals surface area contributed by atoms with Gasteiger partial charge in [-0.25, -0.2) is 9.18 Å². The van der Waals surface area contributed by atoms with E-state index in [1.807, 2.05) is 12.1 Å². The van der Waals surface area contributed by atoms with E-state index in [4.69, 9.17) is 0 Å². The Morgan fingerprint density at radius 1 is 1.05 bits per heavy atom. The van der Waals surface area contributed by atoms with Crippen molar-refractivity contribution in [1.82, 2.24) is 0 Å². The SMILES string of the molecule is O=C(Nc1cccc(Br)c1)Nc1ccc(F)cc1Br. The molecule has 0 atom stereocenters. The molecule has 0 bridgehead atoms. The summed E-state index contributed by atoms with van der Waals surface area (Å²) < 4.78 is 14.3. The Kier molecular flexibility index (Phi) is 4.55. The molecule has 6 heteroatoms. The van der Waals surface area contributed by atoms with Crippen molar-refractivity contribution in [2.45, 2.75) is 0 Å². The van der Waals surface area contributed by atoms with E-state index in [-0.39, 0.29) is 5.82 Å². The third-order valence-electron chi connectivity index (χ3n) is 2.26. The van der Waals surface area contributed by atoms with Gasteiger partial charge in [0.1, 0.15) is 5.82 Å². The summed E-state index contributed by atoms with van der Waals surface area (Å²) in [6.07, 6.45) is 0. The molecule has 0 saturated carbocycles. The summed E-state index contributed by atoms with van der Waals surface area (Å²) in [7, 11) is 0. The van der Waals surface area contributed by atoms with Crippen molar-refractivity contribution >= 4 is 49.3 Å². The van der Waals surface area contributed by atoms with Crippen LogP contribution in [0, 0.1) is 5.82 Å². The van der Waals surface area contributed by atoms with Crippen LogP contribution in [0.2, 0.25) is 0 Å². The Morgan fingerprint density at radius 2 is 1.84 bits per heavy atom. The van der Waals surface area contributed by atoms with E-state index in [0.717, 1.165) is 4.47 Å². The fourth-order valence-corrected chi connectivity index (χ4v) is 2.29. The predicted molar refractivity (Wildman–Crippen MR) is 80.9 cm³/mol. The van der Waals surface area contributed by atoms with E-state index >= 15 is 0 Å². The molecular formula is C13H9Br2FN2O. The summed E-state index contributed by atoms with van der Waals surface area (Å²) in [5.41, 5.74) is 1.15. The van der Waals surface area contributed by atoms with Crippen LogP contribution in [0.1, 0.15) is 0 Å². The quantitative estimate of drug-likeness (QED) is 0.748. The van der Waals surface area contributed by atoms with Gasteiger partial charge in [0, 0.05) is 14.6 Å². The maximum Gasteiger partial charge on any atom is 0.323 e. The van der Waals surface area contributed by atoms with Crippen LogP contribution in [0.3, 0.4) is 0 Å². The third-order valence-corrected chi connectivity index (χ3v) is 3.41. The largest absolute Gasteiger partial charge is 0.323 e. The summed E-state index contributed by atoms with van der Waals surface area (Å²) in [6, 6.07) is 10.9. The molecule has 0 aliphatic carbocycles. The number of carbonyl (C=O) groups excluding carboxylic acids is 1. The molecule has 0 aromatic heterocycles. The van der Waals surface area contributed by atoms with Gasteiger partial charge in [-0.15, -0.1) is 0 Å². The van der Waals surface area contributed by atoms with E-state index in [9.17, 15) is 9.18 Å². The summed E-state index contributed by atoms with van der Waals surface area (Å²) in [4.78, 5) is 11.8. The topological polar surface area (TPSA) is 41.1 Å². The maximum absolute atomic E-state index is 12.9. The minimum Gasteiger partial charge on any atom is -0.308 e. The van der Waals surface area contributed by atoms with Gasteiger partial charge >= 0.3 is 6.03 Å². The molecule has 0 unspecified atom stereocenters. The Bertz CT molecular complexity index is 619. The molecule has 3 nitrogen and oxygen atoms in total. The smallest absolute Gasteiger partial charge is 0.308 e. The molecule has 0 aliphatic heterocycles. The van der Waals surface area contributed by atoms with Crippen LogP contribution in [0.5, 0.6) is 0 Å². The number of urea groups is 1. The lowest BCUT2D eigenvalue weighted by Crippen LogP contribution is -2.19. The lowest BCUT2D eigenvalue weighted by Gasteiger charge is -2.09. The molecule has 0 saturated heterocycles. The van der Waals surface area contributed by atoms with Gasteiger partial charge in [0.2, 0.25) is 0 Å². The average Bonchev–Trinajstić information content (AvgIpc) is 2.33. The van der Waals surface area contributed by atoms with Gasteiger partial charge in [-0.1, -0.05) is 22.0 Å². The molecule has 2 aromatic rings. The highest BCUT2D eigenvalue weighted by atomic mass is 79.9. The summed E-state index contributed by atoms with van der Waals surface area (Å²) in [5.74, 6) is -0.371. The second kappa shape index (κ2) is 6.16. The Morgan fingerprint density at radius 3 is 2.53 bits per heavy atom. The number of halogens is 3. The van der Waals surface area contributed by atoms with E-state index < -0.39 is 6.03 Å². The molecular weight excluding hydrogens is 379 g/mol. The van der Waals surface area contributed by atoms with Gasteiger partial charge in [0.05, 0.1) is 5.69 Å². The van der Waals surface area contributed by atoms with Gasteiger partial charge in [0.15, 0.2) is 0 Å². The van der Waals surface area contributed by atoms with Crippen LogP contribution in [-0.4, -0.2) is 6.03 Å². The molecule has 0 heterocycles. The number of nitrogens with one attached hydrogen (secondary N) is 2. The second-order valence-corrected chi connectivity index (χ2v) is 5.48. The average molecular weight is 388 g/mol. The van der Waals surface area contributed by atoms with Crippen LogP contribution in [0.15, 0.2) is 51.4 Å². The first-order valence-corrected chi connectivity index (χ1v) is 6.92. The summed E-state index contributed by atoms with van der Waals surface area (Å²) >= 11 is 6.50. The van der Waals surface area contributed by atoms with E-state index in [1.54, 1.807) is 12.1 Å². The monoisotopic (exact) mass is 386 g/mol. The van der Waals surface area contributed by atoms with E-state index in [2.05, 4.69) is 42.5 Å². The lowest BCUT2D eigenvalue weighted by molar-refractivity contribution is 0.262. The van der Waals surface area contributed by atoms with E-state index in [1.165, 1.54) is 18.2 Å². The second-order valence-electron chi connectivity index (χ2n) is 3.71. The molecule has 2 rings (SSSR count). The van der Waals surface area contributed by atoms with Gasteiger partial charge in [0.25, 0.3) is 0 Å². The van der Waals surface area contributed by atoms with Crippen LogP contribution in [0.4, 0.5) is 20.6 Å². The maximum atomic E-state index is 12.9. The van der Waals surface area contributed by atoms with Crippen LogP contribution in [0.25, 0.3) is 0 Å². The molecule has 0 radical (unpaired) electrons. The lowest BCUT2D eigenvalue weighted by atomic mass is 10.3. The molecule has 0 spiro atoms. The molecule has 2 aromatic carbocycles. The van der Waals surface area contributed by atoms with Crippen molar-refractivity contribution < 1.29 is 9.18 Å². The first-order chi connectivity index (χ1) is 9.04. The van der Waals surface area contributed by atoms with Gasteiger partial charge in [-0.2, -0.15) is 0 Å². The fraction of sp³-hybridized carbons (Fsp3) is 0. The molecule has 2 amide bonds. The van der Waals surface area contributed by atoms with Gasteiger partial charge in [-0.3, -0.25) is 0 Å². The predicted octanol–water partition coefficient (Wildman–Crippen LogP) is 4.99. The number of amides is 2.